The number of benzene rings is 1. The summed E-state index contributed by atoms with van der Waals surface area (Å²) in [5.41, 5.74) is 1.76. The van der Waals surface area contributed by atoms with Crippen molar-refractivity contribution in [1.29, 1.82) is 0 Å². The van der Waals surface area contributed by atoms with Gasteiger partial charge >= 0.3 is 0 Å². The zero-order chi connectivity index (χ0) is 18.9. The number of hydrogen-bond acceptors (Lipinski definition) is 4. The lowest BCUT2D eigenvalue weighted by molar-refractivity contribution is 0.261. The van der Waals surface area contributed by atoms with Crippen molar-refractivity contribution in [3.05, 3.63) is 47.8 Å². The third-order valence-electron chi connectivity index (χ3n) is 4.90. The molecule has 8 heteroatoms. The third-order valence-corrected chi connectivity index (χ3v) is 6.78. The molecule has 1 aromatic heterocycles. The maximum Gasteiger partial charge on any atom is 0.246 e. The number of aromatic nitrogens is 2. The van der Waals surface area contributed by atoms with Crippen LogP contribution in [0.25, 0.3) is 0 Å². The van der Waals surface area contributed by atoms with E-state index in [0.717, 1.165) is 11.4 Å². The van der Waals surface area contributed by atoms with Gasteiger partial charge in [-0.1, -0.05) is 12.1 Å². The van der Waals surface area contributed by atoms with Crippen molar-refractivity contribution in [2.45, 2.75) is 50.8 Å². The van der Waals surface area contributed by atoms with E-state index in [4.69, 9.17) is 0 Å². The van der Waals surface area contributed by atoms with Gasteiger partial charge in [0.2, 0.25) is 10.0 Å². The first kappa shape index (κ1) is 19.0. The van der Waals surface area contributed by atoms with Gasteiger partial charge < -0.3 is 4.57 Å². The minimum atomic E-state index is -3.89. The Bertz CT molecular complexity index is 879. The van der Waals surface area contributed by atoms with E-state index in [2.05, 4.69) is 23.7 Å². The lowest BCUT2D eigenvalue weighted by atomic mass is 10.2. The number of rotatable bonds is 5. The van der Waals surface area contributed by atoms with E-state index in [9.17, 15) is 12.8 Å². The molecule has 0 saturated carbocycles. The van der Waals surface area contributed by atoms with Crippen LogP contribution in [0.2, 0.25) is 0 Å². The van der Waals surface area contributed by atoms with E-state index in [1.807, 2.05) is 11.6 Å². The van der Waals surface area contributed by atoms with Gasteiger partial charge in [-0.25, -0.2) is 17.8 Å². The Balaban J connectivity index is 1.92. The lowest BCUT2D eigenvalue weighted by Crippen LogP contribution is -2.32. The summed E-state index contributed by atoms with van der Waals surface area (Å²) in [7, 11) is -1.88. The summed E-state index contributed by atoms with van der Waals surface area (Å²) >= 11 is 0. The molecule has 0 aliphatic carbocycles. The first-order valence-corrected chi connectivity index (χ1v) is 10.2. The quantitative estimate of drug-likeness (QED) is 0.800. The highest BCUT2D eigenvalue weighted by Crippen LogP contribution is 2.25. The summed E-state index contributed by atoms with van der Waals surface area (Å²) in [4.78, 5) is 6.38. The lowest BCUT2D eigenvalue weighted by Gasteiger charge is -2.23. The Labute approximate surface area is 154 Å². The number of fused-ring (bicyclic) bond motifs is 1. The molecule has 0 atom stereocenters. The van der Waals surface area contributed by atoms with Crippen molar-refractivity contribution in [2.75, 3.05) is 13.6 Å². The fraction of sp³-hybridized carbons (Fsp3) is 0.500. The Morgan fingerprint density at radius 2 is 2.00 bits per heavy atom. The van der Waals surface area contributed by atoms with Crippen molar-refractivity contribution in [1.82, 2.24) is 18.8 Å². The van der Waals surface area contributed by atoms with Crippen LogP contribution in [0.5, 0.6) is 0 Å². The zero-order valence-electron chi connectivity index (χ0n) is 15.4. The van der Waals surface area contributed by atoms with Crippen LogP contribution in [0.15, 0.2) is 35.5 Å². The molecule has 0 radical (unpaired) electrons. The van der Waals surface area contributed by atoms with Gasteiger partial charge in [0.05, 0.1) is 24.3 Å². The second kappa shape index (κ2) is 7.46. The molecule has 1 aliphatic rings. The van der Waals surface area contributed by atoms with Gasteiger partial charge in [-0.05, 0) is 39.4 Å². The normalized spacial score (nSPS) is 16.1. The van der Waals surface area contributed by atoms with Gasteiger partial charge in [-0.15, -0.1) is 0 Å². The molecule has 0 unspecified atom stereocenters. The average molecular weight is 380 g/mol. The van der Waals surface area contributed by atoms with E-state index < -0.39 is 15.8 Å². The monoisotopic (exact) mass is 380 g/mol. The van der Waals surface area contributed by atoms with Crippen LogP contribution in [0.3, 0.4) is 0 Å². The fourth-order valence-corrected chi connectivity index (χ4v) is 4.54. The Kier molecular flexibility index (Phi) is 5.45. The molecule has 0 spiro atoms. The van der Waals surface area contributed by atoms with Gasteiger partial charge in [0.1, 0.15) is 10.7 Å². The van der Waals surface area contributed by atoms with Crippen LogP contribution in [-0.4, -0.2) is 46.8 Å². The Hall–Kier alpha value is -1.77. The van der Waals surface area contributed by atoms with Crippen molar-refractivity contribution in [3.8, 4) is 0 Å². The molecule has 6 nitrogen and oxygen atoms in total. The summed E-state index contributed by atoms with van der Waals surface area (Å²) in [5, 5.41) is 0. The minimum Gasteiger partial charge on any atom is -0.333 e. The van der Waals surface area contributed by atoms with Crippen molar-refractivity contribution in [2.24, 2.45) is 0 Å². The van der Waals surface area contributed by atoms with Gasteiger partial charge in [-0.2, -0.15) is 4.31 Å². The van der Waals surface area contributed by atoms with E-state index >= 15 is 0 Å². The third kappa shape index (κ3) is 3.67. The largest absolute Gasteiger partial charge is 0.333 e. The van der Waals surface area contributed by atoms with Crippen LogP contribution in [0, 0.1) is 5.82 Å². The molecule has 1 aliphatic heterocycles. The molecule has 0 amide bonds. The number of aryl methyl sites for hydroxylation is 1. The topological polar surface area (TPSA) is 58.4 Å². The van der Waals surface area contributed by atoms with Crippen LogP contribution in [0.1, 0.15) is 31.7 Å². The summed E-state index contributed by atoms with van der Waals surface area (Å²) in [6.07, 6.45) is 2.44. The molecule has 142 valence electrons. The first-order chi connectivity index (χ1) is 12.3. The highest BCUT2D eigenvalue weighted by Gasteiger charge is 2.30. The maximum absolute atomic E-state index is 14.1. The summed E-state index contributed by atoms with van der Waals surface area (Å²) in [6, 6.07) is 5.89. The fourth-order valence-electron chi connectivity index (χ4n) is 3.04. The first-order valence-electron chi connectivity index (χ1n) is 8.78. The molecule has 0 fully saturated rings. The SMILES string of the molecule is CC(C)N(C)Cc1ncn2c1CN(S(=O)(=O)c1ccccc1F)CCC2. The van der Waals surface area contributed by atoms with Crippen LogP contribution < -0.4 is 0 Å². The smallest absolute Gasteiger partial charge is 0.246 e. The molecule has 26 heavy (non-hydrogen) atoms. The second-order valence-corrected chi connectivity index (χ2v) is 8.87. The van der Waals surface area contributed by atoms with Crippen LogP contribution in [-0.2, 0) is 29.7 Å². The molecule has 0 N–H and O–H groups in total. The summed E-state index contributed by atoms with van der Waals surface area (Å²) < 4.78 is 43.4. The van der Waals surface area contributed by atoms with Crippen molar-refractivity contribution < 1.29 is 12.8 Å². The van der Waals surface area contributed by atoms with Crippen molar-refractivity contribution >= 4 is 10.0 Å². The molecular formula is C18H25FN4O2S. The number of halogens is 1. The molecule has 3 rings (SSSR count). The average Bonchev–Trinajstić information content (AvgIpc) is 2.82. The van der Waals surface area contributed by atoms with Gasteiger partial charge in [-0.3, -0.25) is 4.90 Å². The van der Waals surface area contributed by atoms with Crippen LogP contribution in [0.4, 0.5) is 4.39 Å². The Morgan fingerprint density at radius 1 is 1.27 bits per heavy atom. The van der Waals surface area contributed by atoms with Crippen LogP contribution >= 0.6 is 0 Å². The molecular weight excluding hydrogens is 355 g/mol. The second-order valence-electron chi connectivity index (χ2n) is 6.96. The molecule has 2 aromatic rings. The van der Waals surface area contributed by atoms with E-state index in [0.29, 0.717) is 32.1 Å². The predicted molar refractivity (Wildman–Crippen MR) is 97.4 cm³/mol. The molecule has 2 heterocycles. The van der Waals surface area contributed by atoms with E-state index in [-0.39, 0.29) is 11.4 Å². The standard InChI is InChI=1S/C18H25FN4O2S/c1-14(2)21(3)11-16-17-12-23(10-6-9-22(17)13-20-16)26(24,25)18-8-5-4-7-15(18)19/h4-5,7-8,13-14H,6,9-12H2,1-3H3. The highest BCUT2D eigenvalue weighted by molar-refractivity contribution is 7.89. The minimum absolute atomic E-state index is 0.206. The summed E-state index contributed by atoms with van der Waals surface area (Å²) in [5.74, 6) is -0.718. The highest BCUT2D eigenvalue weighted by atomic mass is 32.2. The van der Waals surface area contributed by atoms with E-state index in [1.165, 1.54) is 22.5 Å². The van der Waals surface area contributed by atoms with Gasteiger partial charge in [0.15, 0.2) is 0 Å². The molecule has 1 aromatic carbocycles. The Morgan fingerprint density at radius 3 is 2.69 bits per heavy atom. The zero-order valence-corrected chi connectivity index (χ0v) is 16.2. The summed E-state index contributed by atoms with van der Waals surface area (Å²) in [6.45, 7) is 6.12. The van der Waals surface area contributed by atoms with Gasteiger partial charge in [0, 0.05) is 25.7 Å². The number of imidazole rings is 1. The number of hydrogen-bond donors (Lipinski definition) is 0. The molecule has 0 bridgehead atoms. The predicted octanol–water partition coefficient (Wildman–Crippen LogP) is 2.46. The maximum atomic E-state index is 14.1. The molecule has 0 saturated heterocycles. The van der Waals surface area contributed by atoms with E-state index in [1.54, 1.807) is 12.4 Å². The van der Waals surface area contributed by atoms with Gasteiger partial charge in [0.25, 0.3) is 0 Å². The number of sulfonamides is 1. The van der Waals surface area contributed by atoms with Crippen molar-refractivity contribution in [3.63, 3.8) is 0 Å². The number of nitrogens with zero attached hydrogens (tertiary/aromatic N) is 4.